The Labute approximate surface area is 116 Å². The molecule has 1 unspecified atom stereocenters. The molecule has 1 saturated carbocycles. The molecule has 0 heterocycles. The Morgan fingerprint density at radius 2 is 1.88 bits per heavy atom. The van der Waals surface area contributed by atoms with E-state index in [4.69, 9.17) is 39.5 Å². The molecular formula is C12H14Cl3NO. The predicted molar refractivity (Wildman–Crippen MR) is 72.5 cm³/mol. The molecule has 1 aliphatic rings. The van der Waals surface area contributed by atoms with E-state index in [0.717, 1.165) is 0 Å². The first-order valence-corrected chi connectivity index (χ1v) is 6.70. The van der Waals surface area contributed by atoms with Crippen molar-refractivity contribution in [3.8, 4) is 5.75 Å². The minimum Gasteiger partial charge on any atom is -0.489 e. The van der Waals surface area contributed by atoms with Gasteiger partial charge in [0.2, 0.25) is 0 Å². The fourth-order valence-electron chi connectivity index (χ4n) is 1.79. The molecule has 1 N–H and O–H groups in total. The lowest BCUT2D eigenvalue weighted by molar-refractivity contribution is 0.256. The van der Waals surface area contributed by atoms with E-state index in [2.05, 4.69) is 5.32 Å². The van der Waals surface area contributed by atoms with E-state index in [0.29, 0.717) is 39.4 Å². The van der Waals surface area contributed by atoms with Crippen molar-refractivity contribution >= 4 is 34.8 Å². The minimum absolute atomic E-state index is 0.359. The molecule has 0 amide bonds. The van der Waals surface area contributed by atoms with Crippen molar-refractivity contribution in [3.63, 3.8) is 0 Å². The summed E-state index contributed by atoms with van der Waals surface area (Å²) in [5, 5.41) is 4.66. The van der Waals surface area contributed by atoms with Crippen LogP contribution < -0.4 is 10.1 Å². The summed E-state index contributed by atoms with van der Waals surface area (Å²) in [6, 6.07) is 3.63. The smallest absolute Gasteiger partial charge is 0.156 e. The Kier molecular flexibility index (Phi) is 4.42. The van der Waals surface area contributed by atoms with Crippen molar-refractivity contribution < 1.29 is 4.74 Å². The van der Waals surface area contributed by atoms with Gasteiger partial charge in [-0.05, 0) is 37.9 Å². The maximum absolute atomic E-state index is 6.04. The van der Waals surface area contributed by atoms with Crippen molar-refractivity contribution in [2.45, 2.75) is 18.9 Å². The van der Waals surface area contributed by atoms with Gasteiger partial charge in [0.05, 0.1) is 10.0 Å². The average molecular weight is 295 g/mol. The van der Waals surface area contributed by atoms with Gasteiger partial charge in [-0.3, -0.25) is 0 Å². The Hall–Kier alpha value is -0.150. The summed E-state index contributed by atoms with van der Waals surface area (Å²) >= 11 is 17.9. The first-order valence-electron chi connectivity index (χ1n) is 5.56. The van der Waals surface area contributed by atoms with E-state index < -0.39 is 0 Å². The van der Waals surface area contributed by atoms with Crippen LogP contribution in [0.1, 0.15) is 12.8 Å². The van der Waals surface area contributed by atoms with Gasteiger partial charge < -0.3 is 10.1 Å². The highest BCUT2D eigenvalue weighted by molar-refractivity contribution is 6.40. The second-order valence-corrected chi connectivity index (χ2v) is 5.49. The Morgan fingerprint density at radius 3 is 2.35 bits per heavy atom. The molecule has 17 heavy (non-hydrogen) atoms. The summed E-state index contributed by atoms with van der Waals surface area (Å²) in [5.41, 5.74) is 0. The Morgan fingerprint density at radius 1 is 1.29 bits per heavy atom. The standard InChI is InChI=1S/C12H14Cl3NO/c1-16-11(7-2-3-7)6-17-12-9(14)4-8(13)5-10(12)15/h4-5,7,11,16H,2-3,6H2,1H3. The maximum atomic E-state index is 6.04. The number of benzene rings is 1. The topological polar surface area (TPSA) is 21.3 Å². The van der Waals surface area contributed by atoms with E-state index in [1.165, 1.54) is 12.8 Å². The molecule has 1 aromatic rings. The molecular weight excluding hydrogens is 280 g/mol. The van der Waals surface area contributed by atoms with Crippen LogP contribution in [0.4, 0.5) is 0 Å². The lowest BCUT2D eigenvalue weighted by Crippen LogP contribution is -2.33. The van der Waals surface area contributed by atoms with Crippen molar-refractivity contribution in [2.75, 3.05) is 13.7 Å². The maximum Gasteiger partial charge on any atom is 0.156 e. The fourth-order valence-corrected chi connectivity index (χ4v) is 2.72. The zero-order chi connectivity index (χ0) is 12.4. The van der Waals surface area contributed by atoms with Crippen molar-refractivity contribution in [1.82, 2.24) is 5.32 Å². The summed E-state index contributed by atoms with van der Waals surface area (Å²) in [6.45, 7) is 0.572. The van der Waals surface area contributed by atoms with Crippen LogP contribution in [0.3, 0.4) is 0 Å². The molecule has 0 saturated heterocycles. The molecule has 0 aliphatic heterocycles. The van der Waals surface area contributed by atoms with Gasteiger partial charge >= 0.3 is 0 Å². The van der Waals surface area contributed by atoms with Gasteiger partial charge in [-0.1, -0.05) is 34.8 Å². The highest BCUT2D eigenvalue weighted by Crippen LogP contribution is 2.37. The van der Waals surface area contributed by atoms with E-state index in [-0.39, 0.29) is 0 Å². The molecule has 1 aliphatic carbocycles. The highest BCUT2D eigenvalue weighted by Gasteiger charge is 2.30. The number of hydrogen-bond donors (Lipinski definition) is 1. The van der Waals surface area contributed by atoms with E-state index in [9.17, 15) is 0 Å². The van der Waals surface area contributed by atoms with Gasteiger partial charge in [0.25, 0.3) is 0 Å². The van der Waals surface area contributed by atoms with Gasteiger partial charge in [-0.25, -0.2) is 0 Å². The molecule has 2 rings (SSSR count). The largest absolute Gasteiger partial charge is 0.489 e. The lowest BCUT2D eigenvalue weighted by atomic mass is 10.2. The van der Waals surface area contributed by atoms with Gasteiger partial charge in [0.15, 0.2) is 5.75 Å². The van der Waals surface area contributed by atoms with Gasteiger partial charge in [-0.15, -0.1) is 0 Å². The van der Waals surface area contributed by atoms with Crippen LogP contribution in [0.2, 0.25) is 15.1 Å². The highest BCUT2D eigenvalue weighted by atomic mass is 35.5. The number of rotatable bonds is 5. The molecule has 1 atom stereocenters. The van der Waals surface area contributed by atoms with Crippen LogP contribution in [0.15, 0.2) is 12.1 Å². The molecule has 0 bridgehead atoms. The number of ether oxygens (including phenoxy) is 1. The summed E-state index contributed by atoms with van der Waals surface area (Å²) in [4.78, 5) is 0. The Balaban J connectivity index is 2.02. The molecule has 0 radical (unpaired) electrons. The zero-order valence-electron chi connectivity index (χ0n) is 9.47. The first-order chi connectivity index (χ1) is 8.11. The van der Waals surface area contributed by atoms with E-state index in [1.807, 2.05) is 7.05 Å². The quantitative estimate of drug-likeness (QED) is 0.885. The van der Waals surface area contributed by atoms with E-state index in [1.54, 1.807) is 12.1 Å². The third-order valence-corrected chi connectivity index (χ3v) is 3.71. The van der Waals surface area contributed by atoms with Crippen LogP contribution in [-0.4, -0.2) is 19.7 Å². The number of nitrogens with one attached hydrogen (secondary N) is 1. The first kappa shape index (κ1) is 13.3. The zero-order valence-corrected chi connectivity index (χ0v) is 11.7. The van der Waals surface area contributed by atoms with Crippen molar-refractivity contribution in [2.24, 2.45) is 5.92 Å². The lowest BCUT2D eigenvalue weighted by Gasteiger charge is -2.17. The molecule has 1 fully saturated rings. The van der Waals surface area contributed by atoms with Crippen molar-refractivity contribution in [1.29, 1.82) is 0 Å². The SMILES string of the molecule is CNC(COc1c(Cl)cc(Cl)cc1Cl)C1CC1. The number of hydrogen-bond acceptors (Lipinski definition) is 2. The molecule has 94 valence electrons. The summed E-state index contributed by atoms with van der Waals surface area (Å²) in [5.74, 6) is 1.23. The van der Waals surface area contributed by atoms with Crippen LogP contribution >= 0.6 is 34.8 Å². The van der Waals surface area contributed by atoms with Crippen LogP contribution in [0, 0.1) is 5.92 Å². The second kappa shape index (κ2) is 5.66. The minimum atomic E-state index is 0.359. The van der Waals surface area contributed by atoms with Crippen molar-refractivity contribution in [3.05, 3.63) is 27.2 Å². The normalized spacial score (nSPS) is 16.9. The Bertz CT molecular complexity index is 384. The fraction of sp³-hybridized carbons (Fsp3) is 0.500. The van der Waals surface area contributed by atoms with Gasteiger partial charge in [0.1, 0.15) is 6.61 Å². The molecule has 0 aromatic heterocycles. The summed E-state index contributed by atoms with van der Waals surface area (Å²) in [6.07, 6.45) is 2.52. The van der Waals surface area contributed by atoms with Crippen LogP contribution in [0.25, 0.3) is 0 Å². The third-order valence-electron chi connectivity index (χ3n) is 2.93. The third kappa shape index (κ3) is 3.41. The number of likely N-dealkylation sites (N-methyl/N-ethyl adjacent to an activating group) is 1. The van der Waals surface area contributed by atoms with Crippen LogP contribution in [0.5, 0.6) is 5.75 Å². The van der Waals surface area contributed by atoms with Crippen LogP contribution in [-0.2, 0) is 0 Å². The molecule has 1 aromatic carbocycles. The number of halogens is 3. The summed E-state index contributed by atoms with van der Waals surface area (Å²) < 4.78 is 5.69. The summed E-state index contributed by atoms with van der Waals surface area (Å²) in [7, 11) is 1.94. The second-order valence-electron chi connectivity index (χ2n) is 4.24. The molecule has 2 nitrogen and oxygen atoms in total. The monoisotopic (exact) mass is 293 g/mol. The molecule has 5 heteroatoms. The van der Waals surface area contributed by atoms with E-state index >= 15 is 0 Å². The van der Waals surface area contributed by atoms with Gasteiger partial charge in [0, 0.05) is 11.1 Å². The van der Waals surface area contributed by atoms with Gasteiger partial charge in [-0.2, -0.15) is 0 Å². The molecule has 0 spiro atoms. The average Bonchev–Trinajstić information content (AvgIpc) is 3.06. The predicted octanol–water partition coefficient (Wildman–Crippen LogP) is 4.02.